The number of aryl methyl sites for hydroxylation is 1. The molecule has 0 amide bonds. The van der Waals surface area contributed by atoms with Crippen LogP contribution in [0.15, 0.2) is 42.5 Å². The van der Waals surface area contributed by atoms with Crippen LogP contribution in [-0.4, -0.2) is 38.3 Å². The van der Waals surface area contributed by atoms with Gasteiger partial charge in [-0.2, -0.15) is 0 Å². The minimum atomic E-state index is 0.551. The van der Waals surface area contributed by atoms with Gasteiger partial charge in [-0.3, -0.25) is 4.90 Å². The largest absolute Gasteiger partial charge is 0.497 e. The zero-order valence-electron chi connectivity index (χ0n) is 15.4. The molecule has 25 heavy (non-hydrogen) atoms. The number of methoxy groups -OCH3 is 2. The van der Waals surface area contributed by atoms with Crippen molar-refractivity contribution in [3.63, 3.8) is 0 Å². The second-order valence-electron chi connectivity index (χ2n) is 6.69. The Morgan fingerprint density at radius 3 is 2.48 bits per heavy atom. The summed E-state index contributed by atoms with van der Waals surface area (Å²) in [6.45, 7) is 5.27. The summed E-state index contributed by atoms with van der Waals surface area (Å²) in [4.78, 5) is 2.50. The van der Waals surface area contributed by atoms with Gasteiger partial charge in [0.1, 0.15) is 11.5 Å². The topological polar surface area (TPSA) is 33.7 Å². The lowest BCUT2D eigenvalue weighted by atomic mass is 10.0. The Bertz CT molecular complexity index is 694. The van der Waals surface area contributed by atoms with Gasteiger partial charge in [0, 0.05) is 43.0 Å². The standard InChI is InChI=1S/C21H28N2O2/c1-16-6-4-5-7-20(16)22-18-10-12-23(13-11-18)15-17-8-9-19(24-2)14-21(17)25-3/h4-9,14,18,22H,10-13,15H2,1-3H3. The third kappa shape index (κ3) is 4.45. The number of likely N-dealkylation sites (tertiary alicyclic amines) is 1. The Morgan fingerprint density at radius 1 is 1.04 bits per heavy atom. The molecule has 1 fully saturated rings. The van der Waals surface area contributed by atoms with Gasteiger partial charge in [-0.25, -0.2) is 0 Å². The highest BCUT2D eigenvalue weighted by atomic mass is 16.5. The van der Waals surface area contributed by atoms with Crippen LogP contribution in [0.2, 0.25) is 0 Å². The van der Waals surface area contributed by atoms with Crippen molar-refractivity contribution >= 4 is 5.69 Å². The van der Waals surface area contributed by atoms with Crippen molar-refractivity contribution in [2.45, 2.75) is 32.4 Å². The highest BCUT2D eigenvalue weighted by Gasteiger charge is 2.20. The number of anilines is 1. The molecule has 2 aromatic carbocycles. The minimum Gasteiger partial charge on any atom is -0.497 e. The summed E-state index contributed by atoms with van der Waals surface area (Å²) in [5, 5.41) is 3.70. The smallest absolute Gasteiger partial charge is 0.127 e. The van der Waals surface area contributed by atoms with Gasteiger partial charge in [0.05, 0.1) is 14.2 Å². The highest BCUT2D eigenvalue weighted by Crippen LogP contribution is 2.27. The van der Waals surface area contributed by atoms with E-state index in [1.807, 2.05) is 12.1 Å². The van der Waals surface area contributed by atoms with Crippen molar-refractivity contribution in [2.75, 3.05) is 32.6 Å². The van der Waals surface area contributed by atoms with Gasteiger partial charge >= 0.3 is 0 Å². The molecule has 1 N–H and O–H groups in total. The molecule has 1 aliphatic heterocycles. The number of rotatable bonds is 6. The Hall–Kier alpha value is -2.20. The number of nitrogens with zero attached hydrogens (tertiary/aromatic N) is 1. The monoisotopic (exact) mass is 340 g/mol. The zero-order valence-corrected chi connectivity index (χ0v) is 15.4. The third-order valence-electron chi connectivity index (χ3n) is 4.98. The van der Waals surface area contributed by atoms with Crippen LogP contribution in [0.5, 0.6) is 11.5 Å². The van der Waals surface area contributed by atoms with Gasteiger partial charge in [0.15, 0.2) is 0 Å². The highest BCUT2D eigenvalue weighted by molar-refractivity contribution is 5.51. The fraction of sp³-hybridized carbons (Fsp3) is 0.429. The van der Waals surface area contributed by atoms with Crippen LogP contribution < -0.4 is 14.8 Å². The maximum atomic E-state index is 5.52. The summed E-state index contributed by atoms with van der Waals surface area (Å²) < 4.78 is 10.8. The van der Waals surface area contributed by atoms with Gasteiger partial charge < -0.3 is 14.8 Å². The number of benzene rings is 2. The first-order valence-corrected chi connectivity index (χ1v) is 8.95. The predicted octanol–water partition coefficient (Wildman–Crippen LogP) is 4.09. The van der Waals surface area contributed by atoms with E-state index in [2.05, 4.69) is 47.5 Å². The van der Waals surface area contributed by atoms with Crippen molar-refractivity contribution in [1.29, 1.82) is 0 Å². The molecular weight excluding hydrogens is 312 g/mol. The maximum absolute atomic E-state index is 5.52. The molecule has 4 nitrogen and oxygen atoms in total. The van der Waals surface area contributed by atoms with Crippen LogP contribution in [0.3, 0.4) is 0 Å². The first kappa shape index (κ1) is 17.6. The summed E-state index contributed by atoms with van der Waals surface area (Å²) in [6.07, 6.45) is 2.32. The number of ether oxygens (including phenoxy) is 2. The third-order valence-corrected chi connectivity index (χ3v) is 4.98. The Balaban J connectivity index is 1.55. The number of piperidine rings is 1. The average molecular weight is 340 g/mol. The summed E-state index contributed by atoms with van der Waals surface area (Å²) in [7, 11) is 3.40. The molecule has 0 atom stereocenters. The minimum absolute atomic E-state index is 0.551. The lowest BCUT2D eigenvalue weighted by molar-refractivity contribution is 0.209. The first-order valence-electron chi connectivity index (χ1n) is 8.95. The van der Waals surface area contributed by atoms with Gasteiger partial charge in [-0.05, 0) is 37.5 Å². The van der Waals surface area contributed by atoms with Crippen LogP contribution in [0.1, 0.15) is 24.0 Å². The van der Waals surface area contributed by atoms with E-state index in [1.54, 1.807) is 14.2 Å². The van der Waals surface area contributed by atoms with E-state index >= 15 is 0 Å². The summed E-state index contributed by atoms with van der Waals surface area (Å²) in [5.74, 6) is 1.74. The van der Waals surface area contributed by atoms with Gasteiger partial charge in [-0.1, -0.05) is 24.3 Å². The van der Waals surface area contributed by atoms with Crippen LogP contribution in [0.25, 0.3) is 0 Å². The van der Waals surface area contributed by atoms with E-state index in [4.69, 9.17) is 9.47 Å². The average Bonchev–Trinajstić information content (AvgIpc) is 2.65. The van der Waals surface area contributed by atoms with Crippen molar-refractivity contribution in [3.8, 4) is 11.5 Å². The van der Waals surface area contributed by atoms with Crippen molar-refractivity contribution in [1.82, 2.24) is 4.90 Å². The number of para-hydroxylation sites is 1. The molecule has 2 aromatic rings. The molecule has 134 valence electrons. The lowest BCUT2D eigenvalue weighted by Gasteiger charge is -2.33. The molecule has 0 unspecified atom stereocenters. The zero-order chi connectivity index (χ0) is 17.6. The van der Waals surface area contributed by atoms with Gasteiger partial charge in [-0.15, -0.1) is 0 Å². The molecule has 0 aromatic heterocycles. The molecule has 0 bridgehead atoms. The molecule has 3 rings (SSSR count). The second kappa shape index (κ2) is 8.26. The Labute approximate surface area is 150 Å². The summed E-state index contributed by atoms with van der Waals surface area (Å²) in [5.41, 5.74) is 3.79. The molecule has 1 aliphatic rings. The van der Waals surface area contributed by atoms with Crippen LogP contribution in [0.4, 0.5) is 5.69 Å². The fourth-order valence-electron chi connectivity index (χ4n) is 3.41. The normalized spacial score (nSPS) is 15.8. The van der Waals surface area contributed by atoms with E-state index in [0.717, 1.165) is 44.0 Å². The number of nitrogens with one attached hydrogen (secondary N) is 1. The fourth-order valence-corrected chi connectivity index (χ4v) is 3.41. The van der Waals surface area contributed by atoms with Crippen molar-refractivity contribution in [2.24, 2.45) is 0 Å². The Kier molecular flexibility index (Phi) is 5.82. The summed E-state index contributed by atoms with van der Waals surface area (Å²) in [6, 6.07) is 15.1. The molecule has 4 heteroatoms. The van der Waals surface area contributed by atoms with Gasteiger partial charge in [0.25, 0.3) is 0 Å². The number of hydrogen-bond acceptors (Lipinski definition) is 4. The van der Waals surface area contributed by atoms with E-state index in [-0.39, 0.29) is 0 Å². The predicted molar refractivity (Wildman–Crippen MR) is 103 cm³/mol. The first-order chi connectivity index (χ1) is 12.2. The summed E-state index contributed by atoms with van der Waals surface area (Å²) >= 11 is 0. The molecule has 1 saturated heterocycles. The quantitative estimate of drug-likeness (QED) is 0.859. The molecule has 0 aliphatic carbocycles. The maximum Gasteiger partial charge on any atom is 0.127 e. The van der Waals surface area contributed by atoms with E-state index < -0.39 is 0 Å². The van der Waals surface area contributed by atoms with Crippen molar-refractivity contribution < 1.29 is 9.47 Å². The van der Waals surface area contributed by atoms with E-state index in [9.17, 15) is 0 Å². The van der Waals surface area contributed by atoms with E-state index in [1.165, 1.54) is 16.8 Å². The molecule has 0 radical (unpaired) electrons. The van der Waals surface area contributed by atoms with E-state index in [0.29, 0.717) is 6.04 Å². The van der Waals surface area contributed by atoms with Gasteiger partial charge in [0.2, 0.25) is 0 Å². The second-order valence-corrected chi connectivity index (χ2v) is 6.69. The molecule has 0 saturated carbocycles. The molecule has 0 spiro atoms. The number of hydrogen-bond donors (Lipinski definition) is 1. The van der Waals surface area contributed by atoms with Crippen molar-refractivity contribution in [3.05, 3.63) is 53.6 Å². The van der Waals surface area contributed by atoms with Crippen LogP contribution >= 0.6 is 0 Å². The lowest BCUT2D eigenvalue weighted by Crippen LogP contribution is -2.38. The van der Waals surface area contributed by atoms with Crippen LogP contribution in [0, 0.1) is 6.92 Å². The Morgan fingerprint density at radius 2 is 1.80 bits per heavy atom. The SMILES string of the molecule is COc1ccc(CN2CCC(Nc3ccccc3C)CC2)c(OC)c1. The molecular formula is C21H28N2O2. The molecule has 1 heterocycles. The van der Waals surface area contributed by atoms with Crippen LogP contribution in [-0.2, 0) is 6.54 Å².